The lowest BCUT2D eigenvalue weighted by molar-refractivity contribution is -0.142. The van der Waals surface area contributed by atoms with Crippen molar-refractivity contribution in [1.82, 2.24) is 10.6 Å². The number of hydrogen-bond donors (Lipinski definition) is 3. The predicted octanol–water partition coefficient (Wildman–Crippen LogP) is -0.199. The average molecular weight is 240 g/mol. The van der Waals surface area contributed by atoms with E-state index < -0.39 is 24.0 Å². The molecule has 3 N–H and O–H groups in total. The number of amides is 2. The van der Waals surface area contributed by atoms with Crippen molar-refractivity contribution in [2.75, 3.05) is 0 Å². The van der Waals surface area contributed by atoms with Crippen molar-refractivity contribution >= 4 is 17.8 Å². The molecule has 0 unspecified atom stereocenters. The smallest absolute Gasteiger partial charge is 0.326 e. The highest BCUT2D eigenvalue weighted by atomic mass is 16.4. The van der Waals surface area contributed by atoms with Crippen LogP contribution in [-0.4, -0.2) is 35.0 Å². The Hall–Kier alpha value is -1.85. The molecule has 0 bridgehead atoms. The van der Waals surface area contributed by atoms with Crippen molar-refractivity contribution < 1.29 is 19.5 Å². The molecule has 1 heterocycles. The molecule has 94 valence electrons. The van der Waals surface area contributed by atoms with Crippen LogP contribution in [0.2, 0.25) is 0 Å². The molecule has 0 radical (unpaired) electrons. The Labute approximate surface area is 99.1 Å². The van der Waals surface area contributed by atoms with E-state index in [0.29, 0.717) is 25.7 Å². The van der Waals surface area contributed by atoms with Gasteiger partial charge in [0.25, 0.3) is 0 Å². The van der Waals surface area contributed by atoms with Crippen LogP contribution < -0.4 is 10.6 Å². The fourth-order valence-corrected chi connectivity index (χ4v) is 1.62. The summed E-state index contributed by atoms with van der Waals surface area (Å²) in [5, 5.41) is 13.8. The maximum absolute atomic E-state index is 11.7. The second-order valence-corrected chi connectivity index (χ2v) is 3.92. The van der Waals surface area contributed by atoms with Gasteiger partial charge in [-0.25, -0.2) is 4.79 Å². The Bertz CT molecular complexity index is 340. The molecule has 0 saturated carbocycles. The number of rotatable bonds is 6. The third-order valence-corrected chi connectivity index (χ3v) is 2.59. The van der Waals surface area contributed by atoms with E-state index in [2.05, 4.69) is 17.2 Å². The van der Waals surface area contributed by atoms with E-state index in [1.165, 1.54) is 0 Å². The highest BCUT2D eigenvalue weighted by Crippen LogP contribution is 2.07. The number of nitrogens with one attached hydrogen (secondary N) is 2. The van der Waals surface area contributed by atoms with Gasteiger partial charge >= 0.3 is 5.97 Å². The Balaban J connectivity index is 2.48. The summed E-state index contributed by atoms with van der Waals surface area (Å²) in [5.74, 6) is -1.69. The summed E-state index contributed by atoms with van der Waals surface area (Å²) in [7, 11) is 0. The number of carbonyl (C=O) groups excluding carboxylic acids is 2. The fraction of sp³-hybridized carbons (Fsp3) is 0.545. The van der Waals surface area contributed by atoms with Crippen LogP contribution in [-0.2, 0) is 14.4 Å². The lowest BCUT2D eigenvalue weighted by Gasteiger charge is -2.16. The van der Waals surface area contributed by atoms with Crippen LogP contribution in [0.4, 0.5) is 0 Å². The van der Waals surface area contributed by atoms with Gasteiger partial charge < -0.3 is 15.7 Å². The summed E-state index contributed by atoms with van der Waals surface area (Å²) in [4.78, 5) is 33.5. The zero-order chi connectivity index (χ0) is 12.8. The van der Waals surface area contributed by atoms with Crippen molar-refractivity contribution in [3.63, 3.8) is 0 Å². The molecule has 1 rings (SSSR count). The van der Waals surface area contributed by atoms with Crippen molar-refractivity contribution in [2.45, 2.75) is 37.8 Å². The Morgan fingerprint density at radius 2 is 2.35 bits per heavy atom. The van der Waals surface area contributed by atoms with Gasteiger partial charge in [-0.05, 0) is 19.3 Å². The van der Waals surface area contributed by atoms with E-state index in [0.717, 1.165) is 0 Å². The molecule has 1 aliphatic heterocycles. The lowest BCUT2D eigenvalue weighted by atomic mass is 10.1. The molecular formula is C11H16N2O4. The van der Waals surface area contributed by atoms with Gasteiger partial charge in [0.2, 0.25) is 11.8 Å². The molecule has 1 saturated heterocycles. The van der Waals surface area contributed by atoms with Crippen molar-refractivity contribution in [3.05, 3.63) is 12.7 Å². The van der Waals surface area contributed by atoms with Crippen molar-refractivity contribution in [2.24, 2.45) is 0 Å². The number of allylic oxidation sites excluding steroid dienone is 1. The summed E-state index contributed by atoms with van der Waals surface area (Å²) >= 11 is 0. The molecular weight excluding hydrogens is 224 g/mol. The minimum Gasteiger partial charge on any atom is -0.480 e. The summed E-state index contributed by atoms with van der Waals surface area (Å²) in [6.45, 7) is 3.50. The molecule has 17 heavy (non-hydrogen) atoms. The van der Waals surface area contributed by atoms with Gasteiger partial charge in [0.1, 0.15) is 12.1 Å². The first kappa shape index (κ1) is 13.2. The van der Waals surface area contributed by atoms with Crippen LogP contribution in [0.25, 0.3) is 0 Å². The van der Waals surface area contributed by atoms with Gasteiger partial charge in [-0.3, -0.25) is 9.59 Å². The highest BCUT2D eigenvalue weighted by molar-refractivity contribution is 5.92. The van der Waals surface area contributed by atoms with Crippen LogP contribution in [0.1, 0.15) is 25.7 Å². The van der Waals surface area contributed by atoms with Crippen LogP contribution >= 0.6 is 0 Å². The molecule has 0 aromatic carbocycles. The van der Waals surface area contributed by atoms with Crippen LogP contribution in [0.15, 0.2) is 12.7 Å². The third kappa shape index (κ3) is 3.90. The van der Waals surface area contributed by atoms with Crippen molar-refractivity contribution in [3.8, 4) is 0 Å². The van der Waals surface area contributed by atoms with Gasteiger partial charge in [0.05, 0.1) is 0 Å². The number of carboxylic acids is 1. The molecule has 6 heteroatoms. The fourth-order valence-electron chi connectivity index (χ4n) is 1.62. The molecule has 2 atom stereocenters. The van der Waals surface area contributed by atoms with Crippen LogP contribution in [0.3, 0.4) is 0 Å². The Morgan fingerprint density at radius 1 is 1.65 bits per heavy atom. The first-order valence-corrected chi connectivity index (χ1v) is 5.48. The minimum absolute atomic E-state index is 0.178. The van der Waals surface area contributed by atoms with Gasteiger partial charge in [0, 0.05) is 6.42 Å². The van der Waals surface area contributed by atoms with Crippen molar-refractivity contribution in [1.29, 1.82) is 0 Å². The second-order valence-electron chi connectivity index (χ2n) is 3.92. The molecule has 1 fully saturated rings. The zero-order valence-corrected chi connectivity index (χ0v) is 9.44. The largest absolute Gasteiger partial charge is 0.480 e. The van der Waals surface area contributed by atoms with Gasteiger partial charge in [-0.15, -0.1) is 6.58 Å². The standard InChI is InChI=1S/C11H16N2O4/c1-2-3-4-8(11(16)17)13-10(15)7-5-6-9(14)12-7/h2,7-8H,1,3-6H2,(H,12,14)(H,13,15)(H,16,17)/t7-,8-/m0/s1. The number of carbonyl (C=O) groups is 3. The lowest BCUT2D eigenvalue weighted by Crippen LogP contribution is -2.48. The van der Waals surface area contributed by atoms with Gasteiger partial charge in [-0.1, -0.05) is 6.08 Å². The van der Waals surface area contributed by atoms with E-state index in [4.69, 9.17) is 5.11 Å². The predicted molar refractivity (Wildman–Crippen MR) is 60.2 cm³/mol. The number of aliphatic carboxylic acids is 1. The van der Waals surface area contributed by atoms with E-state index >= 15 is 0 Å². The first-order chi connectivity index (χ1) is 8.04. The maximum Gasteiger partial charge on any atom is 0.326 e. The summed E-state index contributed by atoms with van der Waals surface area (Å²) in [6.07, 6.45) is 3.12. The van der Waals surface area contributed by atoms with E-state index in [9.17, 15) is 14.4 Å². The van der Waals surface area contributed by atoms with Gasteiger partial charge in [-0.2, -0.15) is 0 Å². The van der Waals surface area contributed by atoms with Crippen LogP contribution in [0.5, 0.6) is 0 Å². The average Bonchev–Trinajstić information content (AvgIpc) is 2.70. The Kier molecular flexibility index (Phi) is 4.68. The molecule has 1 aliphatic rings. The van der Waals surface area contributed by atoms with E-state index in [1.807, 2.05) is 0 Å². The summed E-state index contributed by atoms with van der Waals surface area (Å²) in [5.41, 5.74) is 0. The SMILES string of the molecule is C=CCC[C@H](NC(=O)[C@@H]1CCC(=O)N1)C(=O)O. The zero-order valence-electron chi connectivity index (χ0n) is 9.44. The summed E-state index contributed by atoms with van der Waals surface area (Å²) in [6, 6.07) is -1.54. The number of hydrogen-bond acceptors (Lipinski definition) is 3. The molecule has 0 aliphatic carbocycles. The van der Waals surface area contributed by atoms with E-state index in [1.54, 1.807) is 6.08 Å². The quantitative estimate of drug-likeness (QED) is 0.560. The molecule has 6 nitrogen and oxygen atoms in total. The highest BCUT2D eigenvalue weighted by Gasteiger charge is 2.29. The Morgan fingerprint density at radius 3 is 2.82 bits per heavy atom. The number of carboxylic acid groups (broad SMARTS) is 1. The minimum atomic E-state index is -1.08. The van der Waals surface area contributed by atoms with E-state index in [-0.39, 0.29) is 5.91 Å². The first-order valence-electron chi connectivity index (χ1n) is 5.48. The topological polar surface area (TPSA) is 95.5 Å². The van der Waals surface area contributed by atoms with Gasteiger partial charge in [0.15, 0.2) is 0 Å². The normalized spacial score (nSPS) is 20.5. The molecule has 2 amide bonds. The maximum atomic E-state index is 11.7. The monoisotopic (exact) mass is 240 g/mol. The second kappa shape index (κ2) is 6.03. The third-order valence-electron chi connectivity index (χ3n) is 2.59. The van der Waals surface area contributed by atoms with Crippen LogP contribution in [0, 0.1) is 0 Å². The molecule has 0 aromatic rings. The molecule has 0 spiro atoms. The summed E-state index contributed by atoms with van der Waals surface area (Å²) < 4.78 is 0. The molecule has 0 aromatic heterocycles.